The fourth-order valence-electron chi connectivity index (χ4n) is 2.52. The van der Waals surface area contributed by atoms with Gasteiger partial charge in [-0.15, -0.1) is 0 Å². The predicted octanol–water partition coefficient (Wildman–Crippen LogP) is 2.41. The summed E-state index contributed by atoms with van der Waals surface area (Å²) >= 11 is 0. The quantitative estimate of drug-likeness (QED) is 0.735. The molecule has 0 amide bonds. The van der Waals surface area contributed by atoms with Gasteiger partial charge in [-0.25, -0.2) is 0 Å². The van der Waals surface area contributed by atoms with Crippen LogP contribution in [-0.4, -0.2) is 35.2 Å². The van der Waals surface area contributed by atoms with Gasteiger partial charge in [0.1, 0.15) is 0 Å². The van der Waals surface area contributed by atoms with E-state index < -0.39 is 0 Å². The summed E-state index contributed by atoms with van der Waals surface area (Å²) in [4.78, 5) is 2.57. The first-order valence-electron chi connectivity index (χ1n) is 6.20. The molecular weight excluding hydrogens is 174 g/mol. The molecule has 2 heteroatoms. The molecule has 0 spiro atoms. The van der Waals surface area contributed by atoms with Crippen molar-refractivity contribution in [2.75, 3.05) is 13.1 Å². The maximum absolute atomic E-state index is 9.64. The molecule has 84 valence electrons. The Balaban J connectivity index is 2.39. The van der Waals surface area contributed by atoms with Crippen molar-refractivity contribution in [2.45, 2.75) is 64.5 Å². The summed E-state index contributed by atoms with van der Waals surface area (Å²) in [5.41, 5.74) is 0. The second-order valence-corrected chi connectivity index (χ2v) is 4.51. The van der Waals surface area contributed by atoms with Crippen LogP contribution < -0.4 is 0 Å². The maximum atomic E-state index is 9.64. The van der Waals surface area contributed by atoms with Crippen molar-refractivity contribution in [3.05, 3.63) is 0 Å². The third-order valence-corrected chi connectivity index (χ3v) is 3.16. The topological polar surface area (TPSA) is 23.5 Å². The van der Waals surface area contributed by atoms with E-state index in [1.807, 2.05) is 0 Å². The van der Waals surface area contributed by atoms with Crippen molar-refractivity contribution in [1.82, 2.24) is 4.90 Å². The van der Waals surface area contributed by atoms with Crippen molar-refractivity contribution < 1.29 is 5.11 Å². The van der Waals surface area contributed by atoms with Gasteiger partial charge < -0.3 is 10.0 Å². The van der Waals surface area contributed by atoms with Gasteiger partial charge in [-0.3, -0.25) is 0 Å². The Kier molecular flexibility index (Phi) is 5.49. The molecule has 0 saturated heterocycles. The summed E-state index contributed by atoms with van der Waals surface area (Å²) in [5, 5.41) is 9.64. The Morgan fingerprint density at radius 2 is 1.79 bits per heavy atom. The van der Waals surface area contributed by atoms with E-state index in [2.05, 4.69) is 18.7 Å². The highest BCUT2D eigenvalue weighted by molar-refractivity contribution is 4.79. The molecule has 0 heterocycles. The Bertz CT molecular complexity index is 141. The zero-order chi connectivity index (χ0) is 10.4. The second kappa shape index (κ2) is 6.41. The van der Waals surface area contributed by atoms with Gasteiger partial charge in [0.25, 0.3) is 0 Å². The lowest BCUT2D eigenvalue weighted by Gasteiger charge is -2.35. The van der Waals surface area contributed by atoms with Crippen LogP contribution in [0.1, 0.15) is 52.4 Å². The molecule has 0 aromatic carbocycles. The van der Waals surface area contributed by atoms with E-state index in [4.69, 9.17) is 0 Å². The van der Waals surface area contributed by atoms with Crippen LogP contribution in [0.3, 0.4) is 0 Å². The van der Waals surface area contributed by atoms with E-state index in [-0.39, 0.29) is 6.10 Å². The van der Waals surface area contributed by atoms with Gasteiger partial charge in [-0.05, 0) is 51.6 Å². The van der Waals surface area contributed by atoms with E-state index in [0.717, 1.165) is 12.8 Å². The highest BCUT2D eigenvalue weighted by atomic mass is 16.3. The number of rotatable bonds is 5. The molecule has 1 rings (SSSR count). The summed E-state index contributed by atoms with van der Waals surface area (Å²) in [6.07, 6.45) is 6.93. The van der Waals surface area contributed by atoms with Gasteiger partial charge in [-0.1, -0.05) is 13.8 Å². The zero-order valence-corrected chi connectivity index (χ0v) is 9.71. The van der Waals surface area contributed by atoms with Crippen molar-refractivity contribution in [2.24, 2.45) is 0 Å². The normalized spacial score (nSPS) is 28.3. The molecular formula is C12H25NO. The minimum atomic E-state index is -0.0371. The minimum Gasteiger partial charge on any atom is -0.393 e. The van der Waals surface area contributed by atoms with Gasteiger partial charge in [0.2, 0.25) is 0 Å². The zero-order valence-electron chi connectivity index (χ0n) is 9.71. The van der Waals surface area contributed by atoms with E-state index in [1.165, 1.54) is 38.8 Å². The maximum Gasteiger partial charge on any atom is 0.0555 e. The average molecular weight is 199 g/mol. The van der Waals surface area contributed by atoms with E-state index >= 15 is 0 Å². The lowest BCUT2D eigenvalue weighted by atomic mass is 9.91. The molecule has 0 aromatic rings. The standard InChI is InChI=1S/C12H25NO/c1-3-8-13(9-4-2)11-6-5-7-12(14)10-11/h11-12,14H,3-10H2,1-2H3. The third kappa shape index (κ3) is 3.58. The van der Waals surface area contributed by atoms with Crippen LogP contribution >= 0.6 is 0 Å². The lowest BCUT2D eigenvalue weighted by Crippen LogP contribution is -2.41. The molecule has 2 unspecified atom stereocenters. The molecule has 1 aliphatic rings. The molecule has 1 saturated carbocycles. The number of nitrogens with zero attached hydrogens (tertiary/aromatic N) is 1. The van der Waals surface area contributed by atoms with Crippen LogP contribution in [0.15, 0.2) is 0 Å². The van der Waals surface area contributed by atoms with Crippen molar-refractivity contribution in [3.63, 3.8) is 0 Å². The first kappa shape index (κ1) is 12.0. The summed E-state index contributed by atoms with van der Waals surface area (Å²) in [7, 11) is 0. The number of hydrogen-bond donors (Lipinski definition) is 1. The first-order chi connectivity index (χ1) is 6.77. The van der Waals surface area contributed by atoms with Gasteiger partial charge in [0, 0.05) is 6.04 Å². The van der Waals surface area contributed by atoms with E-state index in [1.54, 1.807) is 0 Å². The number of hydrogen-bond acceptors (Lipinski definition) is 2. The monoisotopic (exact) mass is 199 g/mol. The van der Waals surface area contributed by atoms with Crippen LogP contribution in [0.4, 0.5) is 0 Å². The van der Waals surface area contributed by atoms with Gasteiger partial charge in [0.05, 0.1) is 6.10 Å². The van der Waals surface area contributed by atoms with E-state index in [9.17, 15) is 5.11 Å². The Labute approximate surface area is 88.3 Å². The fourth-order valence-corrected chi connectivity index (χ4v) is 2.52. The second-order valence-electron chi connectivity index (χ2n) is 4.51. The predicted molar refractivity (Wildman–Crippen MR) is 60.4 cm³/mol. The molecule has 1 fully saturated rings. The summed E-state index contributed by atoms with van der Waals surface area (Å²) in [5.74, 6) is 0. The summed E-state index contributed by atoms with van der Waals surface area (Å²) in [6, 6.07) is 0.652. The SMILES string of the molecule is CCCN(CCC)C1CCCC(O)C1. The van der Waals surface area contributed by atoms with Crippen molar-refractivity contribution in [3.8, 4) is 0 Å². The van der Waals surface area contributed by atoms with Crippen molar-refractivity contribution in [1.29, 1.82) is 0 Å². The van der Waals surface area contributed by atoms with Crippen LogP contribution in [0.2, 0.25) is 0 Å². The van der Waals surface area contributed by atoms with E-state index in [0.29, 0.717) is 6.04 Å². The Morgan fingerprint density at radius 1 is 1.14 bits per heavy atom. The van der Waals surface area contributed by atoms with Gasteiger partial charge >= 0.3 is 0 Å². The van der Waals surface area contributed by atoms with Crippen molar-refractivity contribution >= 4 is 0 Å². The molecule has 14 heavy (non-hydrogen) atoms. The minimum absolute atomic E-state index is 0.0371. The van der Waals surface area contributed by atoms with Gasteiger partial charge in [0.15, 0.2) is 0 Å². The fraction of sp³-hybridized carbons (Fsp3) is 1.00. The molecule has 0 bridgehead atoms. The number of aliphatic hydroxyl groups is 1. The molecule has 0 radical (unpaired) electrons. The molecule has 1 N–H and O–H groups in total. The van der Waals surface area contributed by atoms with Gasteiger partial charge in [-0.2, -0.15) is 0 Å². The molecule has 2 atom stereocenters. The average Bonchev–Trinajstić information content (AvgIpc) is 2.17. The van der Waals surface area contributed by atoms with Crippen LogP contribution in [0.5, 0.6) is 0 Å². The van der Waals surface area contributed by atoms with Crippen LogP contribution in [0.25, 0.3) is 0 Å². The molecule has 0 aliphatic heterocycles. The first-order valence-corrected chi connectivity index (χ1v) is 6.20. The Morgan fingerprint density at radius 3 is 2.29 bits per heavy atom. The van der Waals surface area contributed by atoms with Crippen LogP contribution in [0, 0.1) is 0 Å². The third-order valence-electron chi connectivity index (χ3n) is 3.16. The highest BCUT2D eigenvalue weighted by Gasteiger charge is 2.24. The summed E-state index contributed by atoms with van der Waals surface area (Å²) < 4.78 is 0. The highest BCUT2D eigenvalue weighted by Crippen LogP contribution is 2.23. The lowest BCUT2D eigenvalue weighted by molar-refractivity contribution is 0.0616. The largest absolute Gasteiger partial charge is 0.393 e. The molecule has 1 aliphatic carbocycles. The molecule has 0 aromatic heterocycles. The molecule has 2 nitrogen and oxygen atoms in total. The summed E-state index contributed by atoms with van der Waals surface area (Å²) in [6.45, 7) is 6.88. The smallest absolute Gasteiger partial charge is 0.0555 e. The number of aliphatic hydroxyl groups excluding tert-OH is 1. The van der Waals surface area contributed by atoms with Crippen LogP contribution in [-0.2, 0) is 0 Å². The Hall–Kier alpha value is -0.0800.